The molecule has 0 fully saturated rings. The summed E-state index contributed by atoms with van der Waals surface area (Å²) in [5.74, 6) is -0.998. The van der Waals surface area contributed by atoms with Gasteiger partial charge in [-0.1, -0.05) is 6.07 Å². The van der Waals surface area contributed by atoms with Crippen LogP contribution in [-0.2, 0) is 0 Å². The number of anilines is 1. The second-order valence-corrected chi connectivity index (χ2v) is 4.16. The standard InChI is InChI=1S/C12H14N2O3.Li.H/c1-7(2)14(3)12-13-10-8(11(15)16)5-4-6-9(10)17-12;;/h4-7H,1-3H3,(H,15,16);;/q;+1;-1. The zero-order valence-electron chi connectivity index (χ0n) is 12.0. The molecule has 0 aliphatic carbocycles. The van der Waals surface area contributed by atoms with E-state index in [4.69, 9.17) is 9.52 Å². The van der Waals surface area contributed by atoms with E-state index in [9.17, 15) is 4.79 Å². The van der Waals surface area contributed by atoms with Crippen LogP contribution in [0.1, 0.15) is 25.6 Å². The molecule has 0 aliphatic rings. The maximum atomic E-state index is 11.0. The van der Waals surface area contributed by atoms with Gasteiger partial charge in [-0.25, -0.2) is 4.79 Å². The van der Waals surface area contributed by atoms with Gasteiger partial charge in [-0.2, -0.15) is 4.98 Å². The molecule has 18 heavy (non-hydrogen) atoms. The summed E-state index contributed by atoms with van der Waals surface area (Å²) in [4.78, 5) is 17.1. The Labute approximate surface area is 118 Å². The van der Waals surface area contributed by atoms with E-state index in [2.05, 4.69) is 4.98 Å². The molecule has 0 atom stereocenters. The Morgan fingerprint density at radius 3 is 2.72 bits per heavy atom. The Balaban J connectivity index is 0.00000162. The van der Waals surface area contributed by atoms with Crippen molar-refractivity contribution in [2.75, 3.05) is 11.9 Å². The molecule has 0 aliphatic heterocycles. The molecule has 92 valence electrons. The molecular weight excluding hydrogens is 227 g/mol. The fraction of sp³-hybridized carbons (Fsp3) is 0.333. The number of nitrogens with zero attached hydrogens (tertiary/aromatic N) is 2. The summed E-state index contributed by atoms with van der Waals surface area (Å²) in [6.07, 6.45) is 0. The monoisotopic (exact) mass is 242 g/mol. The van der Waals surface area contributed by atoms with Crippen molar-refractivity contribution in [2.24, 2.45) is 0 Å². The van der Waals surface area contributed by atoms with Crippen molar-refractivity contribution in [3.63, 3.8) is 0 Å². The number of aromatic carboxylic acids is 1. The first-order valence-corrected chi connectivity index (χ1v) is 5.36. The summed E-state index contributed by atoms with van der Waals surface area (Å²) < 4.78 is 5.53. The number of carbonyl (C=O) groups is 1. The second-order valence-electron chi connectivity index (χ2n) is 4.16. The molecule has 0 unspecified atom stereocenters. The number of oxazole rings is 1. The van der Waals surface area contributed by atoms with E-state index in [0.29, 0.717) is 17.1 Å². The van der Waals surface area contributed by atoms with Crippen LogP contribution in [-0.4, -0.2) is 29.1 Å². The van der Waals surface area contributed by atoms with Crippen molar-refractivity contribution in [3.05, 3.63) is 23.8 Å². The molecule has 0 bridgehead atoms. The van der Waals surface area contributed by atoms with Crippen LogP contribution in [0.2, 0.25) is 0 Å². The molecule has 0 radical (unpaired) electrons. The molecule has 1 aromatic carbocycles. The maximum Gasteiger partial charge on any atom is 1.00 e. The number of carboxylic acid groups (broad SMARTS) is 1. The summed E-state index contributed by atoms with van der Waals surface area (Å²) in [7, 11) is 1.86. The van der Waals surface area contributed by atoms with Crippen LogP contribution < -0.4 is 23.8 Å². The average Bonchev–Trinajstić information content (AvgIpc) is 2.70. The molecule has 5 nitrogen and oxygen atoms in total. The Morgan fingerprint density at radius 2 is 2.17 bits per heavy atom. The fourth-order valence-electron chi connectivity index (χ4n) is 1.48. The maximum absolute atomic E-state index is 11.0. The van der Waals surface area contributed by atoms with Crippen molar-refractivity contribution in [2.45, 2.75) is 19.9 Å². The van der Waals surface area contributed by atoms with E-state index in [1.165, 1.54) is 6.07 Å². The van der Waals surface area contributed by atoms with Gasteiger partial charge in [-0.15, -0.1) is 0 Å². The van der Waals surface area contributed by atoms with Crippen LogP contribution in [0.25, 0.3) is 11.1 Å². The van der Waals surface area contributed by atoms with Crippen molar-refractivity contribution >= 4 is 23.1 Å². The number of para-hydroxylation sites is 1. The van der Waals surface area contributed by atoms with Gasteiger partial charge < -0.3 is 15.9 Å². The Kier molecular flexibility index (Phi) is 4.44. The van der Waals surface area contributed by atoms with E-state index in [1.54, 1.807) is 12.1 Å². The third kappa shape index (κ3) is 2.52. The van der Waals surface area contributed by atoms with Crippen LogP contribution >= 0.6 is 0 Å². The van der Waals surface area contributed by atoms with Gasteiger partial charge in [-0.05, 0) is 26.0 Å². The van der Waals surface area contributed by atoms with Crippen molar-refractivity contribution in [3.8, 4) is 0 Å². The van der Waals surface area contributed by atoms with Gasteiger partial charge in [0.15, 0.2) is 5.58 Å². The number of hydrogen-bond acceptors (Lipinski definition) is 4. The van der Waals surface area contributed by atoms with Crippen LogP contribution in [0.5, 0.6) is 0 Å². The van der Waals surface area contributed by atoms with Gasteiger partial charge in [0.1, 0.15) is 5.52 Å². The predicted octanol–water partition coefficient (Wildman–Crippen LogP) is -0.513. The molecule has 0 saturated heterocycles. The third-order valence-electron chi connectivity index (χ3n) is 2.71. The van der Waals surface area contributed by atoms with E-state index in [0.717, 1.165) is 0 Å². The van der Waals surface area contributed by atoms with Crippen LogP contribution in [0.3, 0.4) is 0 Å². The predicted molar refractivity (Wildman–Crippen MR) is 65.6 cm³/mol. The molecule has 1 aromatic heterocycles. The summed E-state index contributed by atoms with van der Waals surface area (Å²) in [5, 5.41) is 9.04. The average molecular weight is 242 g/mol. The van der Waals surface area contributed by atoms with Gasteiger partial charge in [0, 0.05) is 13.1 Å². The normalized spacial score (nSPS) is 10.4. The smallest absolute Gasteiger partial charge is 1.00 e. The Hall–Kier alpha value is -1.44. The Morgan fingerprint density at radius 1 is 1.50 bits per heavy atom. The summed E-state index contributed by atoms with van der Waals surface area (Å²) in [6, 6.07) is 5.55. The minimum atomic E-state index is -0.998. The second kappa shape index (κ2) is 5.47. The molecular formula is C12H15LiN2O3. The molecule has 6 heteroatoms. The quantitative estimate of drug-likeness (QED) is 0.734. The summed E-state index contributed by atoms with van der Waals surface area (Å²) in [6.45, 7) is 4.01. The fourth-order valence-corrected chi connectivity index (χ4v) is 1.48. The topological polar surface area (TPSA) is 66.6 Å². The first-order valence-electron chi connectivity index (χ1n) is 5.36. The number of carboxylic acids is 1. The van der Waals surface area contributed by atoms with Gasteiger partial charge >= 0.3 is 24.8 Å². The third-order valence-corrected chi connectivity index (χ3v) is 2.71. The van der Waals surface area contributed by atoms with Crippen molar-refractivity contribution < 1.29 is 34.6 Å². The Bertz CT molecular complexity index is 571. The minimum absolute atomic E-state index is 0. The summed E-state index contributed by atoms with van der Waals surface area (Å²) in [5.41, 5.74) is 1.05. The molecule has 1 heterocycles. The molecule has 2 aromatic rings. The SMILES string of the molecule is CC(C)N(C)c1nc2c(C(=O)O)cccc2o1.[H-].[Li+]. The zero-order valence-corrected chi connectivity index (χ0v) is 11.0. The number of hydrogen-bond donors (Lipinski definition) is 1. The number of aromatic nitrogens is 1. The first kappa shape index (κ1) is 14.6. The van der Waals surface area contributed by atoms with Gasteiger partial charge in [0.25, 0.3) is 6.01 Å². The number of fused-ring (bicyclic) bond motifs is 1. The van der Waals surface area contributed by atoms with Gasteiger partial charge in [0.2, 0.25) is 0 Å². The van der Waals surface area contributed by atoms with Crippen LogP contribution in [0, 0.1) is 0 Å². The minimum Gasteiger partial charge on any atom is -1.00 e. The van der Waals surface area contributed by atoms with Gasteiger partial charge in [-0.3, -0.25) is 0 Å². The number of rotatable bonds is 3. The molecule has 2 rings (SSSR count). The first-order chi connectivity index (χ1) is 8.00. The van der Waals surface area contributed by atoms with Crippen LogP contribution in [0.4, 0.5) is 6.01 Å². The summed E-state index contributed by atoms with van der Waals surface area (Å²) >= 11 is 0. The van der Waals surface area contributed by atoms with Gasteiger partial charge in [0.05, 0.1) is 5.56 Å². The molecule has 0 amide bonds. The van der Waals surface area contributed by atoms with E-state index < -0.39 is 5.97 Å². The van der Waals surface area contributed by atoms with Crippen molar-refractivity contribution in [1.82, 2.24) is 4.98 Å². The largest absolute Gasteiger partial charge is 1.00 e. The molecule has 1 N–H and O–H groups in total. The van der Waals surface area contributed by atoms with E-state index in [-0.39, 0.29) is 31.9 Å². The molecule has 0 spiro atoms. The molecule has 0 saturated carbocycles. The van der Waals surface area contributed by atoms with Crippen LogP contribution in [0.15, 0.2) is 22.6 Å². The number of benzene rings is 1. The van der Waals surface area contributed by atoms with E-state index >= 15 is 0 Å². The van der Waals surface area contributed by atoms with Crippen molar-refractivity contribution in [1.29, 1.82) is 0 Å². The van der Waals surface area contributed by atoms with E-state index in [1.807, 2.05) is 25.8 Å². The zero-order chi connectivity index (χ0) is 12.6.